The summed E-state index contributed by atoms with van der Waals surface area (Å²) in [6.07, 6.45) is 1.10. The molecule has 0 saturated heterocycles. The molecule has 0 radical (unpaired) electrons. The fourth-order valence-electron chi connectivity index (χ4n) is 2.62. The molecular weight excluding hydrogens is 278 g/mol. The van der Waals surface area contributed by atoms with Crippen LogP contribution in [0.15, 0.2) is 52.4 Å². The van der Waals surface area contributed by atoms with Gasteiger partial charge in [-0.05, 0) is 48.9 Å². The number of aliphatic imine (C=N–C) groups is 1. The third-order valence-electron chi connectivity index (χ3n) is 3.78. The Labute approximate surface area is 130 Å². The topological polar surface area (TPSA) is 41.6 Å². The van der Waals surface area contributed by atoms with Crippen molar-refractivity contribution in [3.63, 3.8) is 0 Å². The number of rotatable bonds is 2. The number of thiol groups is 1. The summed E-state index contributed by atoms with van der Waals surface area (Å²) in [7, 11) is 2.14. The molecule has 0 aliphatic carbocycles. The first-order valence-electron chi connectivity index (χ1n) is 7.06. The Morgan fingerprint density at radius 3 is 2.86 bits per heavy atom. The molecule has 1 heterocycles. The summed E-state index contributed by atoms with van der Waals surface area (Å²) in [5, 5.41) is 0. The largest absolute Gasteiger partial charge is 0.383 e. The Kier molecular flexibility index (Phi) is 3.99. The van der Waals surface area contributed by atoms with Gasteiger partial charge in [-0.1, -0.05) is 18.2 Å². The monoisotopic (exact) mass is 297 g/mol. The van der Waals surface area contributed by atoms with Crippen LogP contribution in [0.1, 0.15) is 16.7 Å². The van der Waals surface area contributed by atoms with Crippen LogP contribution in [-0.4, -0.2) is 24.3 Å². The molecule has 2 aromatic rings. The van der Waals surface area contributed by atoms with E-state index in [0.717, 1.165) is 35.7 Å². The van der Waals surface area contributed by atoms with Crippen LogP contribution in [0.5, 0.6) is 0 Å². The number of hydrogen-bond donors (Lipinski definition) is 2. The highest BCUT2D eigenvalue weighted by atomic mass is 32.1. The zero-order valence-corrected chi connectivity index (χ0v) is 13.0. The second-order valence-corrected chi connectivity index (χ2v) is 6.00. The first kappa shape index (κ1) is 14.2. The number of nitrogens with two attached hydrogens (primary N) is 1. The molecule has 2 N–H and O–H groups in total. The molecule has 2 aromatic carbocycles. The Morgan fingerprint density at radius 2 is 2.05 bits per heavy atom. The van der Waals surface area contributed by atoms with E-state index >= 15 is 0 Å². The Morgan fingerprint density at radius 1 is 1.19 bits per heavy atom. The fourth-order valence-corrected chi connectivity index (χ4v) is 2.85. The van der Waals surface area contributed by atoms with E-state index in [1.54, 1.807) is 0 Å². The molecule has 0 spiro atoms. The van der Waals surface area contributed by atoms with Gasteiger partial charge in [0.15, 0.2) is 0 Å². The summed E-state index contributed by atoms with van der Waals surface area (Å²) in [5.41, 5.74) is 10.7. The van der Waals surface area contributed by atoms with Crippen molar-refractivity contribution in [1.82, 2.24) is 4.90 Å². The predicted molar refractivity (Wildman–Crippen MR) is 90.6 cm³/mol. The summed E-state index contributed by atoms with van der Waals surface area (Å²) in [4.78, 5) is 7.76. The van der Waals surface area contributed by atoms with Gasteiger partial charge in [0.2, 0.25) is 0 Å². The van der Waals surface area contributed by atoms with Crippen molar-refractivity contribution in [2.75, 3.05) is 13.6 Å². The minimum Gasteiger partial charge on any atom is -0.383 e. The molecule has 0 fully saturated rings. The lowest BCUT2D eigenvalue weighted by Gasteiger charge is -2.25. The number of fused-ring (bicyclic) bond motifs is 1. The van der Waals surface area contributed by atoms with Gasteiger partial charge in [0.05, 0.1) is 5.69 Å². The average Bonchev–Trinajstić information content (AvgIpc) is 2.46. The maximum Gasteiger partial charge on any atom is 0.131 e. The Balaban J connectivity index is 1.90. The number of nitrogens with zero attached hydrogens (tertiary/aromatic N) is 2. The molecule has 1 aliphatic rings. The van der Waals surface area contributed by atoms with Crippen molar-refractivity contribution in [3.8, 4) is 0 Å². The molecule has 108 valence electrons. The van der Waals surface area contributed by atoms with Gasteiger partial charge >= 0.3 is 0 Å². The minimum atomic E-state index is 0.523. The molecule has 3 rings (SSSR count). The molecular formula is C17H19N3S. The van der Waals surface area contributed by atoms with E-state index in [2.05, 4.69) is 41.7 Å². The third kappa shape index (κ3) is 3.28. The lowest BCUT2D eigenvalue weighted by Crippen LogP contribution is -2.26. The molecule has 0 unspecified atom stereocenters. The summed E-state index contributed by atoms with van der Waals surface area (Å²) >= 11 is 4.33. The zero-order chi connectivity index (χ0) is 14.8. The number of likely N-dealkylation sites (N-methyl/N-ethyl adjacent to an activating group) is 1. The van der Waals surface area contributed by atoms with Crippen molar-refractivity contribution in [1.29, 1.82) is 0 Å². The smallest absolute Gasteiger partial charge is 0.131 e. The minimum absolute atomic E-state index is 0.523. The lowest BCUT2D eigenvalue weighted by molar-refractivity contribution is 0.313. The Bertz CT molecular complexity index is 694. The van der Waals surface area contributed by atoms with E-state index in [4.69, 9.17) is 5.73 Å². The van der Waals surface area contributed by atoms with Crippen LogP contribution in [0.2, 0.25) is 0 Å². The van der Waals surface area contributed by atoms with E-state index < -0.39 is 0 Å². The second-order valence-electron chi connectivity index (χ2n) is 5.49. The zero-order valence-electron chi connectivity index (χ0n) is 12.1. The van der Waals surface area contributed by atoms with Gasteiger partial charge < -0.3 is 10.6 Å². The van der Waals surface area contributed by atoms with E-state index in [0.29, 0.717) is 5.84 Å². The third-order valence-corrected chi connectivity index (χ3v) is 4.06. The van der Waals surface area contributed by atoms with Gasteiger partial charge in [-0.3, -0.25) is 0 Å². The van der Waals surface area contributed by atoms with Crippen molar-refractivity contribution >= 4 is 24.2 Å². The normalized spacial score (nSPS) is 15.8. The number of amidine groups is 1. The van der Waals surface area contributed by atoms with Gasteiger partial charge in [0.1, 0.15) is 5.84 Å². The molecule has 0 saturated carbocycles. The van der Waals surface area contributed by atoms with E-state index in [9.17, 15) is 0 Å². The SMILES string of the molecule is CN1CCc2ccc(N=C(N)c3cccc(S)c3)cc2C1. The first-order chi connectivity index (χ1) is 10.1. The van der Waals surface area contributed by atoms with Crippen LogP contribution in [0, 0.1) is 0 Å². The van der Waals surface area contributed by atoms with Crippen LogP contribution in [0.25, 0.3) is 0 Å². The highest BCUT2D eigenvalue weighted by Crippen LogP contribution is 2.24. The average molecular weight is 297 g/mol. The van der Waals surface area contributed by atoms with Crippen molar-refractivity contribution in [2.45, 2.75) is 17.9 Å². The van der Waals surface area contributed by atoms with Gasteiger partial charge in [0.25, 0.3) is 0 Å². The standard InChI is InChI=1S/C17H19N3S/c1-20-8-7-12-5-6-15(9-14(12)11-20)19-17(18)13-3-2-4-16(21)10-13/h2-6,9-10,21H,7-8,11H2,1H3,(H2,18,19). The molecule has 0 aromatic heterocycles. The summed E-state index contributed by atoms with van der Waals surface area (Å²) in [5.74, 6) is 0.523. The molecule has 3 nitrogen and oxygen atoms in total. The molecule has 0 amide bonds. The van der Waals surface area contributed by atoms with E-state index in [1.165, 1.54) is 11.1 Å². The van der Waals surface area contributed by atoms with Crippen molar-refractivity contribution in [2.24, 2.45) is 10.7 Å². The maximum absolute atomic E-state index is 6.10. The second kappa shape index (κ2) is 5.92. The van der Waals surface area contributed by atoms with E-state index in [1.807, 2.05) is 30.3 Å². The van der Waals surface area contributed by atoms with E-state index in [-0.39, 0.29) is 0 Å². The highest BCUT2D eigenvalue weighted by molar-refractivity contribution is 7.80. The highest BCUT2D eigenvalue weighted by Gasteiger charge is 2.13. The molecule has 4 heteroatoms. The Hall–Kier alpha value is -1.78. The summed E-state index contributed by atoms with van der Waals surface area (Å²) in [6, 6.07) is 14.1. The van der Waals surface area contributed by atoms with Crippen LogP contribution >= 0.6 is 12.6 Å². The molecule has 1 aliphatic heterocycles. The predicted octanol–water partition coefficient (Wildman–Crippen LogP) is 3.00. The van der Waals surface area contributed by atoms with Gasteiger partial charge in [-0.25, -0.2) is 4.99 Å². The van der Waals surface area contributed by atoms with Crippen molar-refractivity contribution < 1.29 is 0 Å². The molecule has 0 bridgehead atoms. The summed E-state index contributed by atoms with van der Waals surface area (Å²) in [6.45, 7) is 2.09. The van der Waals surface area contributed by atoms with Crippen LogP contribution in [-0.2, 0) is 13.0 Å². The first-order valence-corrected chi connectivity index (χ1v) is 7.50. The van der Waals surface area contributed by atoms with Gasteiger partial charge in [-0.15, -0.1) is 12.6 Å². The number of hydrogen-bond acceptors (Lipinski definition) is 3. The maximum atomic E-state index is 6.10. The van der Waals surface area contributed by atoms with Gasteiger partial charge in [-0.2, -0.15) is 0 Å². The van der Waals surface area contributed by atoms with Crippen LogP contribution in [0.3, 0.4) is 0 Å². The van der Waals surface area contributed by atoms with Crippen molar-refractivity contribution in [3.05, 3.63) is 59.2 Å². The lowest BCUT2D eigenvalue weighted by atomic mass is 9.99. The van der Waals surface area contributed by atoms with Crippen LogP contribution < -0.4 is 5.73 Å². The van der Waals surface area contributed by atoms with Gasteiger partial charge in [0, 0.05) is 23.5 Å². The molecule has 0 atom stereocenters. The van der Waals surface area contributed by atoms with Crippen LogP contribution in [0.4, 0.5) is 5.69 Å². The molecule has 21 heavy (non-hydrogen) atoms. The summed E-state index contributed by atoms with van der Waals surface area (Å²) < 4.78 is 0. The quantitative estimate of drug-likeness (QED) is 0.508. The fraction of sp³-hybridized carbons (Fsp3) is 0.235. The number of benzene rings is 2.